The fraction of sp³-hybridized carbons (Fsp3) is 0.118. The van der Waals surface area contributed by atoms with Crippen LogP contribution >= 0.6 is 23.8 Å². The zero-order valence-corrected chi connectivity index (χ0v) is 14.5. The number of hydrogen-bond donors (Lipinski definition) is 3. The Morgan fingerprint density at radius 1 is 1.20 bits per heavy atom. The number of amides is 1. The molecule has 1 aromatic heterocycles. The van der Waals surface area contributed by atoms with Gasteiger partial charge < -0.3 is 15.0 Å². The lowest BCUT2D eigenvalue weighted by Gasteiger charge is -2.08. The van der Waals surface area contributed by atoms with Crippen LogP contribution in [0.2, 0.25) is 5.02 Å². The molecule has 3 aromatic rings. The van der Waals surface area contributed by atoms with Gasteiger partial charge in [-0.2, -0.15) is 0 Å². The summed E-state index contributed by atoms with van der Waals surface area (Å²) in [6, 6.07) is 11.8. The van der Waals surface area contributed by atoms with Crippen LogP contribution < -0.4 is 15.6 Å². The molecule has 0 atom stereocenters. The third-order valence-corrected chi connectivity index (χ3v) is 3.89. The molecule has 0 bridgehead atoms. The number of hydrogen-bond acceptors (Lipinski definition) is 4. The van der Waals surface area contributed by atoms with Gasteiger partial charge in [-0.15, -0.1) is 0 Å². The van der Waals surface area contributed by atoms with Crippen LogP contribution in [-0.2, 0) is 0 Å². The Kier molecular flexibility index (Phi) is 5.16. The lowest BCUT2D eigenvalue weighted by Crippen LogP contribution is -2.28. The van der Waals surface area contributed by atoms with E-state index in [0.29, 0.717) is 40.4 Å². The summed E-state index contributed by atoms with van der Waals surface area (Å²) in [7, 11) is 0. The first-order valence-electron chi connectivity index (χ1n) is 7.46. The summed E-state index contributed by atoms with van der Waals surface area (Å²) in [4.78, 5) is 29.4. The van der Waals surface area contributed by atoms with Gasteiger partial charge in [-0.05, 0) is 48.6 Å². The van der Waals surface area contributed by atoms with Crippen LogP contribution in [-0.4, -0.2) is 29.0 Å². The van der Waals surface area contributed by atoms with E-state index in [2.05, 4.69) is 15.3 Å². The molecule has 3 rings (SSSR count). The first-order chi connectivity index (χ1) is 12.0. The van der Waals surface area contributed by atoms with Crippen LogP contribution in [0.3, 0.4) is 0 Å². The van der Waals surface area contributed by atoms with Crippen LogP contribution in [0.1, 0.15) is 10.4 Å². The van der Waals surface area contributed by atoms with E-state index in [1.54, 1.807) is 42.5 Å². The molecule has 0 aliphatic rings. The highest BCUT2D eigenvalue weighted by molar-refractivity contribution is 7.71. The number of carbonyl (C=O) groups excluding carboxylic acids is 1. The molecule has 2 aromatic carbocycles. The SMILES string of the molecule is O=C(NCCOc1cccc(Cl)c1)c1ccc2c(=O)[nH]c(=S)[nH]c2c1. The summed E-state index contributed by atoms with van der Waals surface area (Å²) in [5, 5.41) is 3.78. The van der Waals surface area contributed by atoms with E-state index in [1.807, 2.05) is 0 Å². The number of fused-ring (bicyclic) bond motifs is 1. The molecule has 6 nitrogen and oxygen atoms in total. The zero-order chi connectivity index (χ0) is 17.8. The molecule has 0 saturated heterocycles. The molecule has 1 heterocycles. The normalized spacial score (nSPS) is 10.6. The third kappa shape index (κ3) is 4.26. The second kappa shape index (κ2) is 7.50. The maximum Gasteiger partial charge on any atom is 0.259 e. The molecular formula is C17H14ClN3O3S. The van der Waals surface area contributed by atoms with Crippen molar-refractivity contribution >= 4 is 40.6 Å². The molecule has 128 valence electrons. The maximum atomic E-state index is 12.2. The fourth-order valence-corrected chi connectivity index (χ4v) is 2.69. The van der Waals surface area contributed by atoms with E-state index in [0.717, 1.165) is 0 Å². The zero-order valence-electron chi connectivity index (χ0n) is 13.0. The van der Waals surface area contributed by atoms with Crippen LogP contribution in [0.5, 0.6) is 5.75 Å². The second-order valence-corrected chi connectivity index (χ2v) is 6.08. The first-order valence-corrected chi connectivity index (χ1v) is 8.24. The lowest BCUT2D eigenvalue weighted by molar-refractivity contribution is 0.0947. The molecule has 3 N–H and O–H groups in total. The average molecular weight is 376 g/mol. The van der Waals surface area contributed by atoms with Gasteiger partial charge in [0.2, 0.25) is 0 Å². The maximum absolute atomic E-state index is 12.2. The number of halogens is 1. The molecule has 0 saturated carbocycles. The van der Waals surface area contributed by atoms with E-state index in [9.17, 15) is 9.59 Å². The van der Waals surface area contributed by atoms with Crippen LogP contribution in [0.4, 0.5) is 0 Å². The van der Waals surface area contributed by atoms with Crippen molar-refractivity contribution in [1.29, 1.82) is 0 Å². The summed E-state index contributed by atoms with van der Waals surface area (Å²) in [5.74, 6) is 0.371. The summed E-state index contributed by atoms with van der Waals surface area (Å²) in [6.45, 7) is 0.635. The number of rotatable bonds is 5. The quantitative estimate of drug-likeness (QED) is 0.472. The van der Waals surface area contributed by atoms with Gasteiger partial charge in [0.1, 0.15) is 12.4 Å². The van der Waals surface area contributed by atoms with Crippen LogP contribution in [0, 0.1) is 4.77 Å². The van der Waals surface area contributed by atoms with Gasteiger partial charge in [0.05, 0.1) is 17.4 Å². The van der Waals surface area contributed by atoms with Crippen molar-refractivity contribution in [2.45, 2.75) is 0 Å². The summed E-state index contributed by atoms with van der Waals surface area (Å²) >= 11 is 10.8. The van der Waals surface area contributed by atoms with Gasteiger partial charge in [-0.3, -0.25) is 14.6 Å². The molecule has 0 aliphatic carbocycles. The highest BCUT2D eigenvalue weighted by Crippen LogP contribution is 2.16. The summed E-state index contributed by atoms with van der Waals surface area (Å²) < 4.78 is 5.72. The topological polar surface area (TPSA) is 87.0 Å². The number of aromatic nitrogens is 2. The molecule has 25 heavy (non-hydrogen) atoms. The number of carbonyl (C=O) groups is 1. The van der Waals surface area contributed by atoms with E-state index >= 15 is 0 Å². The standard InChI is InChI=1S/C17H14ClN3O3S/c18-11-2-1-3-12(9-11)24-7-6-19-15(22)10-4-5-13-14(8-10)20-17(25)21-16(13)23/h1-5,8-9H,6-7H2,(H,19,22)(H2,20,21,23,25). The number of H-pyrrole nitrogens is 2. The highest BCUT2D eigenvalue weighted by atomic mass is 35.5. The Hall–Kier alpha value is -2.64. The molecule has 8 heteroatoms. The minimum Gasteiger partial charge on any atom is -0.492 e. The monoisotopic (exact) mass is 375 g/mol. The highest BCUT2D eigenvalue weighted by Gasteiger charge is 2.08. The molecule has 0 unspecified atom stereocenters. The molecule has 1 amide bonds. The predicted molar refractivity (Wildman–Crippen MR) is 99.0 cm³/mol. The number of aromatic amines is 2. The van der Waals surface area contributed by atoms with Gasteiger partial charge in [-0.1, -0.05) is 17.7 Å². The molecular weight excluding hydrogens is 362 g/mol. The van der Waals surface area contributed by atoms with Gasteiger partial charge in [0, 0.05) is 10.6 Å². The lowest BCUT2D eigenvalue weighted by atomic mass is 10.1. The fourth-order valence-electron chi connectivity index (χ4n) is 2.30. The minimum atomic E-state index is -0.291. The Bertz CT molecular complexity index is 1040. The van der Waals surface area contributed by atoms with Crippen molar-refractivity contribution in [1.82, 2.24) is 15.3 Å². The molecule has 0 fully saturated rings. The third-order valence-electron chi connectivity index (χ3n) is 3.45. The Labute approximate surface area is 152 Å². The number of nitrogens with one attached hydrogen (secondary N) is 3. The van der Waals surface area contributed by atoms with Crippen molar-refractivity contribution in [2.75, 3.05) is 13.2 Å². The van der Waals surface area contributed by atoms with Gasteiger partial charge in [0.25, 0.3) is 11.5 Å². The largest absolute Gasteiger partial charge is 0.492 e. The molecule has 0 radical (unpaired) electrons. The molecule has 0 spiro atoms. The van der Waals surface area contributed by atoms with Crippen molar-refractivity contribution in [2.24, 2.45) is 0 Å². The van der Waals surface area contributed by atoms with Crippen molar-refractivity contribution < 1.29 is 9.53 Å². The van der Waals surface area contributed by atoms with Crippen molar-refractivity contribution in [3.63, 3.8) is 0 Å². The second-order valence-electron chi connectivity index (χ2n) is 5.23. The van der Waals surface area contributed by atoms with Crippen molar-refractivity contribution in [3.05, 3.63) is 68.2 Å². The minimum absolute atomic E-state index is 0.213. The Morgan fingerprint density at radius 3 is 2.84 bits per heavy atom. The number of ether oxygens (including phenoxy) is 1. The molecule has 0 aliphatic heterocycles. The number of benzene rings is 2. The Balaban J connectivity index is 1.62. The van der Waals surface area contributed by atoms with E-state index in [4.69, 9.17) is 28.6 Å². The van der Waals surface area contributed by atoms with E-state index in [1.165, 1.54) is 0 Å². The van der Waals surface area contributed by atoms with E-state index < -0.39 is 0 Å². The van der Waals surface area contributed by atoms with Crippen molar-refractivity contribution in [3.8, 4) is 5.75 Å². The van der Waals surface area contributed by atoms with Gasteiger partial charge in [0.15, 0.2) is 4.77 Å². The first kappa shape index (κ1) is 17.2. The average Bonchev–Trinajstić information content (AvgIpc) is 2.58. The Morgan fingerprint density at radius 2 is 2.04 bits per heavy atom. The van der Waals surface area contributed by atoms with Crippen LogP contribution in [0.25, 0.3) is 10.9 Å². The summed E-state index contributed by atoms with van der Waals surface area (Å²) in [5.41, 5.74) is 0.642. The smallest absolute Gasteiger partial charge is 0.259 e. The summed E-state index contributed by atoms with van der Waals surface area (Å²) in [6.07, 6.45) is 0. The van der Waals surface area contributed by atoms with Gasteiger partial charge >= 0.3 is 0 Å². The van der Waals surface area contributed by atoms with E-state index in [-0.39, 0.29) is 16.2 Å². The van der Waals surface area contributed by atoms with Gasteiger partial charge in [-0.25, -0.2) is 0 Å². The predicted octanol–water partition coefficient (Wildman–Crippen LogP) is 3.05. The van der Waals surface area contributed by atoms with Crippen LogP contribution in [0.15, 0.2) is 47.3 Å².